The summed E-state index contributed by atoms with van der Waals surface area (Å²) in [6, 6.07) is 17.5. The second-order valence-electron chi connectivity index (χ2n) is 4.36. The van der Waals surface area contributed by atoms with Gasteiger partial charge in [-0.25, -0.2) is 4.98 Å². The van der Waals surface area contributed by atoms with Crippen LogP contribution in [0.2, 0.25) is 0 Å². The van der Waals surface area contributed by atoms with E-state index >= 15 is 0 Å². The van der Waals surface area contributed by atoms with Gasteiger partial charge >= 0.3 is 0 Å². The Hall–Kier alpha value is -2.85. The molecule has 2 rings (SSSR count). The van der Waals surface area contributed by atoms with Crippen molar-refractivity contribution in [2.75, 3.05) is 11.4 Å². The summed E-state index contributed by atoms with van der Waals surface area (Å²) in [5.41, 5.74) is 2.33. The number of aromatic nitrogens is 1. The molecule has 2 aromatic rings. The Kier molecular flexibility index (Phi) is 4.32. The molecule has 0 spiro atoms. The van der Waals surface area contributed by atoms with Gasteiger partial charge in [-0.3, -0.25) is 0 Å². The van der Waals surface area contributed by atoms with Gasteiger partial charge in [-0.15, -0.1) is 0 Å². The molecular formula is C16H14N4. The molecule has 1 heterocycles. The number of para-hydroxylation sites is 1. The number of benzene rings is 1. The molecule has 0 radical (unpaired) electrons. The van der Waals surface area contributed by atoms with E-state index in [9.17, 15) is 0 Å². The summed E-state index contributed by atoms with van der Waals surface area (Å²) in [7, 11) is 0. The molecule has 0 saturated carbocycles. The lowest BCUT2D eigenvalue weighted by Gasteiger charge is -2.23. The SMILES string of the molecule is Cc1cc(C#N)cc(N(CCC#N)c2ccccc2)n1. The number of rotatable bonds is 4. The van der Waals surface area contributed by atoms with Crippen molar-refractivity contribution in [2.24, 2.45) is 0 Å². The highest BCUT2D eigenvalue weighted by molar-refractivity contribution is 5.61. The molecule has 4 nitrogen and oxygen atoms in total. The van der Waals surface area contributed by atoms with Gasteiger partial charge in [0.15, 0.2) is 0 Å². The zero-order valence-corrected chi connectivity index (χ0v) is 11.2. The average molecular weight is 262 g/mol. The Morgan fingerprint density at radius 3 is 2.55 bits per heavy atom. The van der Waals surface area contributed by atoms with Crippen molar-refractivity contribution in [1.29, 1.82) is 10.5 Å². The normalized spacial score (nSPS) is 9.55. The van der Waals surface area contributed by atoms with Crippen LogP contribution in [0.25, 0.3) is 0 Å². The molecule has 0 aliphatic heterocycles. The molecule has 1 aromatic carbocycles. The van der Waals surface area contributed by atoms with Crippen LogP contribution < -0.4 is 4.90 Å². The fourth-order valence-corrected chi connectivity index (χ4v) is 2.00. The van der Waals surface area contributed by atoms with Gasteiger partial charge in [0, 0.05) is 17.9 Å². The van der Waals surface area contributed by atoms with E-state index in [0.29, 0.717) is 24.3 Å². The Morgan fingerprint density at radius 1 is 1.15 bits per heavy atom. The molecule has 20 heavy (non-hydrogen) atoms. The van der Waals surface area contributed by atoms with Gasteiger partial charge < -0.3 is 4.90 Å². The lowest BCUT2D eigenvalue weighted by molar-refractivity contribution is 0.920. The largest absolute Gasteiger partial charge is 0.325 e. The van der Waals surface area contributed by atoms with E-state index in [4.69, 9.17) is 10.5 Å². The minimum absolute atomic E-state index is 0.395. The molecule has 0 amide bonds. The molecule has 0 aliphatic rings. The van der Waals surface area contributed by atoms with Gasteiger partial charge in [0.2, 0.25) is 0 Å². The summed E-state index contributed by atoms with van der Waals surface area (Å²) in [4.78, 5) is 6.43. The third-order valence-corrected chi connectivity index (χ3v) is 2.86. The predicted octanol–water partition coefficient (Wildman–Crippen LogP) is 3.31. The van der Waals surface area contributed by atoms with Crippen LogP contribution in [0.4, 0.5) is 11.5 Å². The van der Waals surface area contributed by atoms with Crippen LogP contribution in [0.15, 0.2) is 42.5 Å². The minimum Gasteiger partial charge on any atom is -0.325 e. The zero-order chi connectivity index (χ0) is 14.4. The fourth-order valence-electron chi connectivity index (χ4n) is 2.00. The summed E-state index contributed by atoms with van der Waals surface area (Å²) in [6.45, 7) is 2.40. The van der Waals surface area contributed by atoms with E-state index in [-0.39, 0.29) is 0 Å². The highest BCUT2D eigenvalue weighted by atomic mass is 15.2. The highest BCUT2D eigenvalue weighted by Gasteiger charge is 2.11. The van der Waals surface area contributed by atoms with Crippen LogP contribution in [0, 0.1) is 29.6 Å². The first kappa shape index (κ1) is 13.6. The second-order valence-corrected chi connectivity index (χ2v) is 4.36. The minimum atomic E-state index is 0.395. The zero-order valence-electron chi connectivity index (χ0n) is 11.2. The monoisotopic (exact) mass is 262 g/mol. The number of nitriles is 2. The van der Waals surface area contributed by atoms with Crippen LogP contribution >= 0.6 is 0 Å². The third-order valence-electron chi connectivity index (χ3n) is 2.86. The van der Waals surface area contributed by atoms with Gasteiger partial charge in [0.05, 0.1) is 24.1 Å². The van der Waals surface area contributed by atoms with E-state index in [2.05, 4.69) is 17.1 Å². The predicted molar refractivity (Wildman–Crippen MR) is 77.4 cm³/mol. The number of hydrogen-bond donors (Lipinski definition) is 0. The lowest BCUT2D eigenvalue weighted by Crippen LogP contribution is -2.19. The van der Waals surface area contributed by atoms with E-state index in [1.54, 1.807) is 12.1 Å². The molecule has 0 fully saturated rings. The van der Waals surface area contributed by atoms with Crippen LogP contribution in [-0.4, -0.2) is 11.5 Å². The van der Waals surface area contributed by atoms with Crippen molar-refractivity contribution in [1.82, 2.24) is 4.98 Å². The Bertz CT molecular complexity index is 665. The molecule has 0 aliphatic carbocycles. The van der Waals surface area contributed by atoms with E-state index < -0.39 is 0 Å². The second kappa shape index (κ2) is 6.36. The van der Waals surface area contributed by atoms with Crippen LogP contribution in [-0.2, 0) is 0 Å². The molecule has 0 bridgehead atoms. The van der Waals surface area contributed by atoms with Gasteiger partial charge in [-0.2, -0.15) is 10.5 Å². The molecule has 98 valence electrons. The molecule has 0 saturated heterocycles. The van der Waals surface area contributed by atoms with Crippen molar-refractivity contribution in [2.45, 2.75) is 13.3 Å². The number of pyridine rings is 1. The van der Waals surface area contributed by atoms with E-state index in [1.165, 1.54) is 0 Å². The van der Waals surface area contributed by atoms with Gasteiger partial charge in [0.25, 0.3) is 0 Å². The Balaban J connectivity index is 2.44. The molecule has 0 N–H and O–H groups in total. The van der Waals surface area contributed by atoms with Crippen LogP contribution in [0.1, 0.15) is 17.7 Å². The topological polar surface area (TPSA) is 63.7 Å². The summed E-state index contributed by atoms with van der Waals surface area (Å²) >= 11 is 0. The van der Waals surface area contributed by atoms with Crippen LogP contribution in [0.3, 0.4) is 0 Å². The molecule has 0 unspecified atom stereocenters. The summed E-state index contributed by atoms with van der Waals surface area (Å²) in [6.07, 6.45) is 0.395. The smallest absolute Gasteiger partial charge is 0.134 e. The van der Waals surface area contributed by atoms with Gasteiger partial charge in [0.1, 0.15) is 5.82 Å². The van der Waals surface area contributed by atoms with Crippen molar-refractivity contribution in [3.63, 3.8) is 0 Å². The van der Waals surface area contributed by atoms with Gasteiger partial charge in [-0.1, -0.05) is 18.2 Å². The van der Waals surface area contributed by atoms with Crippen LogP contribution in [0.5, 0.6) is 0 Å². The number of anilines is 2. The fraction of sp³-hybridized carbons (Fsp3) is 0.188. The van der Waals surface area contributed by atoms with Crippen molar-refractivity contribution in [3.8, 4) is 12.1 Å². The molecule has 0 atom stereocenters. The quantitative estimate of drug-likeness (QED) is 0.847. The first-order valence-electron chi connectivity index (χ1n) is 6.33. The standard InChI is InChI=1S/C16H14N4/c1-13-10-14(12-18)11-16(19-13)20(9-5-8-17)15-6-3-2-4-7-15/h2-4,6-7,10-11H,5,9H2,1H3. The maximum atomic E-state index is 9.07. The molecule has 1 aromatic heterocycles. The van der Waals surface area contributed by atoms with Crippen molar-refractivity contribution >= 4 is 11.5 Å². The maximum absolute atomic E-state index is 9.07. The molecular weight excluding hydrogens is 248 g/mol. The number of nitrogens with zero attached hydrogens (tertiary/aromatic N) is 4. The average Bonchev–Trinajstić information content (AvgIpc) is 2.48. The lowest BCUT2D eigenvalue weighted by atomic mass is 10.2. The Morgan fingerprint density at radius 2 is 1.90 bits per heavy atom. The van der Waals surface area contributed by atoms with E-state index in [1.807, 2.05) is 42.2 Å². The highest BCUT2D eigenvalue weighted by Crippen LogP contribution is 2.24. The third kappa shape index (κ3) is 3.13. The first-order valence-corrected chi connectivity index (χ1v) is 6.33. The molecule has 4 heteroatoms. The summed E-state index contributed by atoms with van der Waals surface area (Å²) in [5.74, 6) is 0.697. The van der Waals surface area contributed by atoms with E-state index in [0.717, 1.165) is 11.4 Å². The summed E-state index contributed by atoms with van der Waals surface area (Å²) in [5, 5.41) is 17.9. The Labute approximate surface area is 118 Å². The maximum Gasteiger partial charge on any atom is 0.134 e. The van der Waals surface area contributed by atoms with Gasteiger partial charge in [-0.05, 0) is 31.2 Å². The number of hydrogen-bond acceptors (Lipinski definition) is 4. The number of aryl methyl sites for hydroxylation is 1. The van der Waals surface area contributed by atoms with Crippen molar-refractivity contribution in [3.05, 3.63) is 53.7 Å². The summed E-state index contributed by atoms with van der Waals surface area (Å²) < 4.78 is 0. The first-order chi connectivity index (χ1) is 9.74. The van der Waals surface area contributed by atoms with Crippen molar-refractivity contribution < 1.29 is 0 Å².